The van der Waals surface area contributed by atoms with Crippen molar-refractivity contribution < 1.29 is 28.1 Å². The molecule has 0 aromatic heterocycles. The minimum atomic E-state index is -1.38. The molecule has 0 bridgehead atoms. The van der Waals surface area contributed by atoms with Crippen molar-refractivity contribution in [1.29, 1.82) is 0 Å². The van der Waals surface area contributed by atoms with E-state index in [-0.39, 0.29) is 24.2 Å². The molecule has 1 aliphatic carbocycles. The molecule has 6 heteroatoms. The molecule has 150 valence electrons. The number of aliphatic hydroxyl groups excluding tert-OH is 1. The van der Waals surface area contributed by atoms with Gasteiger partial charge in [0.05, 0.1) is 6.10 Å². The number of hydrogen-bond acceptors (Lipinski definition) is 4. The summed E-state index contributed by atoms with van der Waals surface area (Å²) >= 11 is 0. The van der Waals surface area contributed by atoms with Crippen LogP contribution in [0.4, 0.5) is 8.78 Å². The van der Waals surface area contributed by atoms with Crippen molar-refractivity contribution in [1.82, 2.24) is 0 Å². The Morgan fingerprint density at radius 1 is 1.27 bits per heavy atom. The molecule has 0 aromatic rings. The molecule has 0 radical (unpaired) electrons. The number of rotatable bonds is 8. The molecule has 3 rings (SSSR count). The molecule has 2 saturated heterocycles. The second kappa shape index (κ2) is 9.58. The van der Waals surface area contributed by atoms with Gasteiger partial charge in [0.1, 0.15) is 12.3 Å². The lowest BCUT2D eigenvalue weighted by molar-refractivity contribution is -0.189. The normalized spacial score (nSPS) is 40.0. The lowest BCUT2D eigenvalue weighted by atomic mass is 9.90. The maximum Gasteiger partial charge on any atom is 0.186 e. The van der Waals surface area contributed by atoms with E-state index in [9.17, 15) is 13.9 Å². The molecule has 3 fully saturated rings. The zero-order valence-corrected chi connectivity index (χ0v) is 15.6. The quantitative estimate of drug-likeness (QED) is 0.651. The standard InChI is InChI=1S/C20H32F2O4/c1-2-3-6-14(21)15(25-17-7-4-5-12-24-17)10-8-13-9-11-16-18(13)19(22)20(23)26-16/h8,10,13-20,23H,2-7,9,11-12H2,1H3/b10-8+/t13-,14?,15?,16-,17?,18+,19+,20?/m0/s1. The second-order valence-electron chi connectivity index (χ2n) is 7.77. The Labute approximate surface area is 154 Å². The fraction of sp³-hybridized carbons (Fsp3) is 0.900. The van der Waals surface area contributed by atoms with E-state index in [1.54, 1.807) is 6.08 Å². The van der Waals surface area contributed by atoms with Gasteiger partial charge in [0.2, 0.25) is 0 Å². The lowest BCUT2D eigenvalue weighted by Gasteiger charge is -2.28. The Kier molecular flexibility index (Phi) is 7.44. The van der Waals surface area contributed by atoms with Gasteiger partial charge >= 0.3 is 0 Å². The van der Waals surface area contributed by atoms with Crippen LogP contribution in [0.3, 0.4) is 0 Å². The highest BCUT2D eigenvalue weighted by atomic mass is 19.1. The molecule has 1 saturated carbocycles. The summed E-state index contributed by atoms with van der Waals surface area (Å²) in [6, 6.07) is 0. The third-order valence-corrected chi connectivity index (χ3v) is 5.85. The Morgan fingerprint density at radius 3 is 2.85 bits per heavy atom. The van der Waals surface area contributed by atoms with Gasteiger partial charge in [-0.05, 0) is 44.4 Å². The molecule has 4 unspecified atom stereocenters. The SMILES string of the molecule is CCCCC(F)C(/C=C/[C@H]1CC[C@@H]2OC(O)[C@H](F)[C@@H]21)OC1CCCCO1. The van der Waals surface area contributed by atoms with Gasteiger partial charge in [0.25, 0.3) is 0 Å². The minimum Gasteiger partial charge on any atom is -0.366 e. The molecule has 1 N–H and O–H groups in total. The molecule has 3 aliphatic rings. The Hall–Kier alpha value is -0.560. The van der Waals surface area contributed by atoms with Gasteiger partial charge in [-0.3, -0.25) is 0 Å². The van der Waals surface area contributed by atoms with Crippen LogP contribution in [0.25, 0.3) is 0 Å². The molecular weight excluding hydrogens is 342 g/mol. The molecule has 8 atom stereocenters. The predicted octanol–water partition coefficient (Wildman–Crippen LogP) is 4.06. The average Bonchev–Trinajstić information content (AvgIpc) is 3.17. The first-order valence-electron chi connectivity index (χ1n) is 10.2. The molecular formula is C20H32F2O4. The Morgan fingerprint density at radius 2 is 2.12 bits per heavy atom. The highest BCUT2D eigenvalue weighted by molar-refractivity contribution is 5.06. The number of hydrogen-bond donors (Lipinski definition) is 1. The first kappa shape index (κ1) is 20.2. The largest absolute Gasteiger partial charge is 0.366 e. The van der Waals surface area contributed by atoms with E-state index in [4.69, 9.17) is 14.2 Å². The number of fused-ring (bicyclic) bond motifs is 1. The average molecular weight is 374 g/mol. The van der Waals surface area contributed by atoms with Crippen LogP contribution in [0.15, 0.2) is 12.2 Å². The monoisotopic (exact) mass is 374 g/mol. The van der Waals surface area contributed by atoms with E-state index in [0.717, 1.165) is 44.9 Å². The van der Waals surface area contributed by atoms with E-state index in [0.29, 0.717) is 13.0 Å². The Balaban J connectivity index is 1.62. The van der Waals surface area contributed by atoms with Crippen molar-refractivity contribution in [3.05, 3.63) is 12.2 Å². The smallest absolute Gasteiger partial charge is 0.186 e. The summed E-state index contributed by atoms with van der Waals surface area (Å²) in [5.74, 6) is -0.398. The van der Waals surface area contributed by atoms with E-state index in [1.165, 1.54) is 0 Å². The zero-order chi connectivity index (χ0) is 18.5. The van der Waals surface area contributed by atoms with Crippen LogP contribution in [-0.2, 0) is 14.2 Å². The summed E-state index contributed by atoms with van der Waals surface area (Å²) < 4.78 is 45.7. The highest BCUT2D eigenvalue weighted by Crippen LogP contribution is 2.44. The van der Waals surface area contributed by atoms with E-state index in [2.05, 4.69) is 0 Å². The summed E-state index contributed by atoms with van der Waals surface area (Å²) in [7, 11) is 0. The summed E-state index contributed by atoms with van der Waals surface area (Å²) in [6.45, 7) is 2.69. The highest BCUT2D eigenvalue weighted by Gasteiger charge is 2.50. The van der Waals surface area contributed by atoms with Crippen molar-refractivity contribution in [2.45, 2.75) is 95.4 Å². The van der Waals surface area contributed by atoms with Crippen molar-refractivity contribution >= 4 is 0 Å². The summed E-state index contributed by atoms with van der Waals surface area (Å²) in [4.78, 5) is 0. The van der Waals surface area contributed by atoms with Crippen molar-refractivity contribution in [3.8, 4) is 0 Å². The molecule has 0 amide bonds. The van der Waals surface area contributed by atoms with Crippen LogP contribution in [-0.4, -0.2) is 48.8 Å². The summed E-state index contributed by atoms with van der Waals surface area (Å²) in [5, 5.41) is 9.58. The fourth-order valence-electron chi connectivity index (χ4n) is 4.35. The number of aliphatic hydroxyl groups is 1. The Bertz CT molecular complexity index is 453. The third kappa shape index (κ3) is 4.83. The van der Waals surface area contributed by atoms with Gasteiger partial charge < -0.3 is 19.3 Å². The second-order valence-corrected chi connectivity index (χ2v) is 7.77. The van der Waals surface area contributed by atoms with Gasteiger partial charge in [0, 0.05) is 12.5 Å². The third-order valence-electron chi connectivity index (χ3n) is 5.85. The van der Waals surface area contributed by atoms with Gasteiger partial charge in [-0.1, -0.05) is 31.9 Å². The molecule has 2 heterocycles. The number of unbranched alkanes of at least 4 members (excludes halogenated alkanes) is 1. The van der Waals surface area contributed by atoms with E-state index in [1.807, 2.05) is 13.0 Å². The molecule has 0 aromatic carbocycles. The van der Waals surface area contributed by atoms with Crippen LogP contribution >= 0.6 is 0 Å². The maximum atomic E-state index is 14.7. The van der Waals surface area contributed by atoms with Crippen molar-refractivity contribution in [3.63, 3.8) is 0 Å². The van der Waals surface area contributed by atoms with E-state index < -0.39 is 24.7 Å². The molecule has 4 nitrogen and oxygen atoms in total. The minimum absolute atomic E-state index is 0.0519. The number of ether oxygens (including phenoxy) is 3. The maximum absolute atomic E-state index is 14.7. The number of allylic oxidation sites excluding steroid dienone is 1. The molecule has 2 aliphatic heterocycles. The van der Waals surface area contributed by atoms with Gasteiger partial charge in [0.15, 0.2) is 18.8 Å². The van der Waals surface area contributed by atoms with Gasteiger partial charge in [-0.25, -0.2) is 8.78 Å². The van der Waals surface area contributed by atoms with Gasteiger partial charge in [-0.15, -0.1) is 0 Å². The van der Waals surface area contributed by atoms with E-state index >= 15 is 0 Å². The summed E-state index contributed by atoms with van der Waals surface area (Å²) in [5.41, 5.74) is 0. The van der Waals surface area contributed by atoms with Crippen LogP contribution in [0.2, 0.25) is 0 Å². The number of alkyl halides is 2. The lowest BCUT2D eigenvalue weighted by Crippen LogP contribution is -2.33. The van der Waals surface area contributed by atoms with Gasteiger partial charge in [-0.2, -0.15) is 0 Å². The molecule has 26 heavy (non-hydrogen) atoms. The summed E-state index contributed by atoms with van der Waals surface area (Å²) in [6.07, 6.45) is 5.08. The van der Waals surface area contributed by atoms with Crippen molar-refractivity contribution in [2.24, 2.45) is 11.8 Å². The zero-order valence-electron chi connectivity index (χ0n) is 15.6. The number of halogens is 2. The first-order chi connectivity index (χ1) is 12.6. The topological polar surface area (TPSA) is 47.9 Å². The van der Waals surface area contributed by atoms with Crippen LogP contribution in [0.5, 0.6) is 0 Å². The van der Waals surface area contributed by atoms with Crippen LogP contribution in [0.1, 0.15) is 58.3 Å². The van der Waals surface area contributed by atoms with Crippen LogP contribution < -0.4 is 0 Å². The van der Waals surface area contributed by atoms with Crippen LogP contribution in [0, 0.1) is 11.8 Å². The first-order valence-corrected chi connectivity index (χ1v) is 10.2. The predicted molar refractivity (Wildman–Crippen MR) is 94.0 cm³/mol. The molecule has 0 spiro atoms. The fourth-order valence-corrected chi connectivity index (χ4v) is 4.35. The van der Waals surface area contributed by atoms with Crippen molar-refractivity contribution in [2.75, 3.05) is 6.61 Å².